The molecule has 18 heavy (non-hydrogen) atoms. The fourth-order valence-electron chi connectivity index (χ4n) is 1.48. The van der Waals surface area contributed by atoms with Crippen molar-refractivity contribution in [3.63, 3.8) is 0 Å². The molecule has 0 aliphatic rings. The zero-order valence-electron chi connectivity index (χ0n) is 10.2. The smallest absolute Gasteiger partial charge is 0.327 e. The van der Waals surface area contributed by atoms with E-state index in [1.807, 2.05) is 0 Å². The van der Waals surface area contributed by atoms with Crippen LogP contribution in [0.4, 0.5) is 0 Å². The van der Waals surface area contributed by atoms with E-state index in [0.717, 1.165) is 0 Å². The molecule has 0 aliphatic carbocycles. The lowest BCUT2D eigenvalue weighted by Crippen LogP contribution is -2.41. The predicted molar refractivity (Wildman–Crippen MR) is 62.7 cm³/mol. The standard InChI is InChI=1S/C12H14N2O4/c1-4-5-10(12(16)17)13-11(15)6-9-7(2)14-18-8(9)3/h1,10H,5-6H2,2-3H3,(H,13,15)(H,16,17). The highest BCUT2D eigenvalue weighted by atomic mass is 16.5. The summed E-state index contributed by atoms with van der Waals surface area (Å²) in [6.45, 7) is 3.41. The highest BCUT2D eigenvalue weighted by molar-refractivity contribution is 5.85. The molecule has 2 N–H and O–H groups in total. The molecule has 1 rings (SSSR count). The molecule has 6 heteroatoms. The SMILES string of the molecule is C#CCC(NC(=O)Cc1c(C)noc1C)C(=O)O. The first-order valence-corrected chi connectivity index (χ1v) is 5.33. The average Bonchev–Trinajstić information content (AvgIpc) is 2.60. The van der Waals surface area contributed by atoms with E-state index in [1.165, 1.54) is 0 Å². The quantitative estimate of drug-likeness (QED) is 0.739. The van der Waals surface area contributed by atoms with Crippen LogP contribution in [0.3, 0.4) is 0 Å². The summed E-state index contributed by atoms with van der Waals surface area (Å²) >= 11 is 0. The van der Waals surface area contributed by atoms with Crippen LogP contribution in [0.15, 0.2) is 4.52 Å². The summed E-state index contributed by atoms with van der Waals surface area (Å²) in [6, 6.07) is -1.07. The predicted octanol–water partition coefficient (Wildman–Crippen LogP) is 0.427. The van der Waals surface area contributed by atoms with Crippen LogP contribution < -0.4 is 5.32 Å². The van der Waals surface area contributed by atoms with Gasteiger partial charge in [0.15, 0.2) is 0 Å². The van der Waals surface area contributed by atoms with E-state index in [9.17, 15) is 9.59 Å². The first-order valence-electron chi connectivity index (χ1n) is 5.33. The number of aryl methyl sites for hydroxylation is 2. The minimum atomic E-state index is -1.15. The normalized spacial score (nSPS) is 11.6. The molecule has 1 amide bonds. The Hall–Kier alpha value is -2.29. The molecular formula is C12H14N2O4. The van der Waals surface area contributed by atoms with Crippen LogP contribution in [-0.4, -0.2) is 28.2 Å². The number of carboxylic acids is 1. The number of aliphatic carboxylic acids is 1. The maximum absolute atomic E-state index is 11.7. The van der Waals surface area contributed by atoms with Crippen LogP contribution in [0.5, 0.6) is 0 Å². The molecule has 1 aromatic rings. The van der Waals surface area contributed by atoms with Gasteiger partial charge in [-0.05, 0) is 13.8 Å². The number of hydrogen-bond donors (Lipinski definition) is 2. The van der Waals surface area contributed by atoms with Gasteiger partial charge in [0.25, 0.3) is 0 Å². The molecule has 0 radical (unpaired) electrons. The zero-order valence-corrected chi connectivity index (χ0v) is 10.2. The summed E-state index contributed by atoms with van der Waals surface area (Å²) in [7, 11) is 0. The number of nitrogens with zero attached hydrogens (tertiary/aromatic N) is 1. The monoisotopic (exact) mass is 250 g/mol. The lowest BCUT2D eigenvalue weighted by Gasteiger charge is -2.11. The van der Waals surface area contributed by atoms with E-state index in [-0.39, 0.29) is 12.8 Å². The molecule has 1 heterocycles. The lowest BCUT2D eigenvalue weighted by molar-refractivity contribution is -0.141. The molecule has 0 bridgehead atoms. The van der Waals surface area contributed by atoms with Crippen molar-refractivity contribution < 1.29 is 19.2 Å². The second kappa shape index (κ2) is 5.87. The highest BCUT2D eigenvalue weighted by Gasteiger charge is 2.20. The van der Waals surface area contributed by atoms with E-state index in [1.54, 1.807) is 13.8 Å². The minimum absolute atomic E-state index is 0.0233. The Bertz CT molecular complexity index is 479. The highest BCUT2D eigenvalue weighted by Crippen LogP contribution is 2.12. The van der Waals surface area contributed by atoms with Crippen molar-refractivity contribution in [2.24, 2.45) is 0 Å². The van der Waals surface area contributed by atoms with E-state index in [2.05, 4.69) is 16.4 Å². The first-order chi connectivity index (χ1) is 8.45. The molecule has 0 aliphatic heterocycles. The van der Waals surface area contributed by atoms with Crippen LogP contribution in [0.25, 0.3) is 0 Å². The molecule has 0 fully saturated rings. The summed E-state index contributed by atoms with van der Waals surface area (Å²) in [5.74, 6) is 1.18. The number of hydrogen-bond acceptors (Lipinski definition) is 4. The lowest BCUT2D eigenvalue weighted by atomic mass is 10.1. The van der Waals surface area contributed by atoms with Gasteiger partial charge in [-0.3, -0.25) is 4.79 Å². The second-order valence-electron chi connectivity index (χ2n) is 3.85. The van der Waals surface area contributed by atoms with Crippen molar-refractivity contribution in [3.8, 4) is 12.3 Å². The maximum Gasteiger partial charge on any atom is 0.327 e. The Balaban J connectivity index is 2.67. The average molecular weight is 250 g/mol. The molecular weight excluding hydrogens is 236 g/mol. The molecule has 0 saturated heterocycles. The van der Waals surface area contributed by atoms with Gasteiger partial charge in [-0.1, -0.05) is 5.16 Å². The Morgan fingerprint density at radius 3 is 2.67 bits per heavy atom. The summed E-state index contributed by atoms with van der Waals surface area (Å²) in [5, 5.41) is 14.9. The number of carbonyl (C=O) groups is 2. The minimum Gasteiger partial charge on any atom is -0.480 e. The second-order valence-corrected chi connectivity index (χ2v) is 3.85. The van der Waals surface area contributed by atoms with E-state index in [4.69, 9.17) is 16.1 Å². The Kier molecular flexibility index (Phi) is 4.49. The fourth-order valence-corrected chi connectivity index (χ4v) is 1.48. The molecule has 1 atom stereocenters. The van der Waals surface area contributed by atoms with Crippen molar-refractivity contribution >= 4 is 11.9 Å². The summed E-state index contributed by atoms with van der Waals surface area (Å²) in [6.07, 6.45) is 5.01. The van der Waals surface area contributed by atoms with Crippen molar-refractivity contribution in [2.45, 2.75) is 32.7 Å². The van der Waals surface area contributed by atoms with Gasteiger partial charge in [-0.15, -0.1) is 12.3 Å². The molecule has 1 unspecified atom stereocenters. The largest absolute Gasteiger partial charge is 0.480 e. The van der Waals surface area contributed by atoms with Crippen molar-refractivity contribution in [3.05, 3.63) is 17.0 Å². The number of aromatic nitrogens is 1. The number of rotatable bonds is 5. The number of carbonyl (C=O) groups excluding carboxylic acids is 1. The van der Waals surface area contributed by atoms with Crippen LogP contribution in [0.1, 0.15) is 23.4 Å². The van der Waals surface area contributed by atoms with E-state index < -0.39 is 17.9 Å². The van der Waals surface area contributed by atoms with Gasteiger partial charge < -0.3 is 14.9 Å². The molecule has 0 spiro atoms. The number of carboxylic acid groups (broad SMARTS) is 1. The fraction of sp³-hybridized carbons (Fsp3) is 0.417. The van der Waals surface area contributed by atoms with Gasteiger partial charge in [0, 0.05) is 12.0 Å². The number of nitrogens with one attached hydrogen (secondary N) is 1. The van der Waals surface area contributed by atoms with Gasteiger partial charge in [-0.25, -0.2) is 4.79 Å². The third-order valence-corrected chi connectivity index (χ3v) is 2.47. The van der Waals surface area contributed by atoms with Gasteiger partial charge in [-0.2, -0.15) is 0 Å². The third kappa shape index (κ3) is 3.35. The number of amides is 1. The first kappa shape index (κ1) is 13.8. The van der Waals surface area contributed by atoms with E-state index >= 15 is 0 Å². The zero-order chi connectivity index (χ0) is 13.7. The van der Waals surface area contributed by atoms with Gasteiger partial charge in [0.05, 0.1) is 12.1 Å². The Morgan fingerprint density at radius 2 is 2.22 bits per heavy atom. The van der Waals surface area contributed by atoms with Crippen molar-refractivity contribution in [1.82, 2.24) is 10.5 Å². The van der Waals surface area contributed by atoms with Crippen LogP contribution in [-0.2, 0) is 16.0 Å². The summed E-state index contributed by atoms with van der Waals surface area (Å²) in [4.78, 5) is 22.5. The molecule has 6 nitrogen and oxygen atoms in total. The number of terminal acetylenes is 1. The van der Waals surface area contributed by atoms with Crippen LogP contribution in [0, 0.1) is 26.2 Å². The summed E-state index contributed by atoms with van der Waals surface area (Å²) < 4.78 is 4.92. The third-order valence-electron chi connectivity index (χ3n) is 2.47. The Labute approximate surface area is 104 Å². The van der Waals surface area contributed by atoms with Gasteiger partial charge in [0.2, 0.25) is 5.91 Å². The topological polar surface area (TPSA) is 92.4 Å². The molecule has 0 saturated carbocycles. The van der Waals surface area contributed by atoms with E-state index in [0.29, 0.717) is 17.0 Å². The van der Waals surface area contributed by atoms with Crippen LogP contribution >= 0.6 is 0 Å². The van der Waals surface area contributed by atoms with Crippen molar-refractivity contribution in [2.75, 3.05) is 0 Å². The van der Waals surface area contributed by atoms with Crippen LogP contribution in [0.2, 0.25) is 0 Å². The Morgan fingerprint density at radius 1 is 1.56 bits per heavy atom. The summed E-state index contributed by atoms with van der Waals surface area (Å²) in [5.41, 5.74) is 1.28. The molecule has 96 valence electrons. The van der Waals surface area contributed by atoms with Gasteiger partial charge in [0.1, 0.15) is 11.8 Å². The maximum atomic E-state index is 11.7. The molecule has 1 aromatic heterocycles. The van der Waals surface area contributed by atoms with Gasteiger partial charge >= 0.3 is 5.97 Å². The molecule has 0 aromatic carbocycles. The van der Waals surface area contributed by atoms with Crippen molar-refractivity contribution in [1.29, 1.82) is 0 Å².